The third-order valence-electron chi connectivity index (χ3n) is 3.97. The van der Waals surface area contributed by atoms with Crippen molar-refractivity contribution in [2.45, 2.75) is 0 Å². The Kier molecular flexibility index (Phi) is 2.37. The summed E-state index contributed by atoms with van der Waals surface area (Å²) in [6.45, 7) is 0. The summed E-state index contributed by atoms with van der Waals surface area (Å²) in [6, 6.07) is 18.9. The number of aromatic nitrogens is 3. The van der Waals surface area contributed by atoms with Crippen molar-refractivity contribution in [1.29, 1.82) is 0 Å². The zero-order valence-corrected chi connectivity index (χ0v) is 12.4. The summed E-state index contributed by atoms with van der Waals surface area (Å²) in [5.74, 6) is 0. The number of fused-ring (bicyclic) bond motifs is 5. The molecule has 0 bridgehead atoms. The molecule has 3 heterocycles. The summed E-state index contributed by atoms with van der Waals surface area (Å²) in [7, 11) is 0. The molecule has 0 amide bonds. The molecule has 0 spiro atoms. The summed E-state index contributed by atoms with van der Waals surface area (Å²) in [6.07, 6.45) is 3.53. The number of hydrogen-bond donors (Lipinski definition) is 0. The Hall–Kier alpha value is -2.72. The standard InChI is InChI=1S/C18H11N3S/c1-2-6-12(7-3-1)21-14-10-19-11-20-17(14)16-13-8-4-5-9-15(13)22-18(16)21/h1-11H. The molecule has 4 heteroatoms. The highest BCUT2D eigenvalue weighted by Crippen LogP contribution is 2.40. The van der Waals surface area contributed by atoms with Crippen molar-refractivity contribution < 1.29 is 0 Å². The Balaban J connectivity index is 2.07. The smallest absolute Gasteiger partial charge is 0.116 e. The molecule has 0 fully saturated rings. The zero-order valence-electron chi connectivity index (χ0n) is 11.6. The van der Waals surface area contributed by atoms with Crippen molar-refractivity contribution in [3.63, 3.8) is 0 Å². The average Bonchev–Trinajstić information content (AvgIpc) is 3.10. The van der Waals surface area contributed by atoms with Crippen LogP contribution in [0.4, 0.5) is 0 Å². The van der Waals surface area contributed by atoms with Crippen molar-refractivity contribution in [2.24, 2.45) is 0 Å². The first-order valence-corrected chi connectivity index (χ1v) is 7.92. The normalized spacial score (nSPS) is 11.6. The van der Waals surface area contributed by atoms with Crippen LogP contribution in [-0.4, -0.2) is 14.5 Å². The van der Waals surface area contributed by atoms with Gasteiger partial charge in [-0.05, 0) is 18.2 Å². The van der Waals surface area contributed by atoms with Gasteiger partial charge in [-0.15, -0.1) is 11.3 Å². The number of para-hydroxylation sites is 1. The van der Waals surface area contributed by atoms with E-state index in [2.05, 4.69) is 63.1 Å². The predicted octanol–water partition coefficient (Wildman–Crippen LogP) is 4.79. The lowest BCUT2D eigenvalue weighted by Gasteiger charge is -2.05. The van der Waals surface area contributed by atoms with Crippen LogP contribution >= 0.6 is 11.3 Å². The highest BCUT2D eigenvalue weighted by atomic mass is 32.1. The van der Waals surface area contributed by atoms with E-state index < -0.39 is 0 Å². The summed E-state index contributed by atoms with van der Waals surface area (Å²) in [5, 5.41) is 2.49. The molecule has 0 aliphatic heterocycles. The summed E-state index contributed by atoms with van der Waals surface area (Å²) in [4.78, 5) is 10.0. The average molecular weight is 301 g/mol. The fourth-order valence-electron chi connectivity index (χ4n) is 3.04. The Morgan fingerprint density at radius 1 is 0.909 bits per heavy atom. The molecule has 0 unspecified atom stereocenters. The fraction of sp³-hybridized carbons (Fsp3) is 0. The van der Waals surface area contributed by atoms with Crippen molar-refractivity contribution in [3.8, 4) is 5.69 Å². The Labute approximate surface area is 130 Å². The van der Waals surface area contributed by atoms with Gasteiger partial charge in [0.15, 0.2) is 0 Å². The molecule has 5 rings (SSSR count). The first-order chi connectivity index (χ1) is 10.9. The molecule has 3 nitrogen and oxygen atoms in total. The molecular formula is C18H11N3S. The molecule has 2 aromatic carbocycles. The third-order valence-corrected chi connectivity index (χ3v) is 5.12. The van der Waals surface area contributed by atoms with E-state index in [0.717, 1.165) is 16.7 Å². The van der Waals surface area contributed by atoms with Gasteiger partial charge in [0, 0.05) is 21.2 Å². The maximum Gasteiger partial charge on any atom is 0.116 e. The van der Waals surface area contributed by atoms with Crippen LogP contribution in [0, 0.1) is 0 Å². The van der Waals surface area contributed by atoms with E-state index in [0.29, 0.717) is 0 Å². The number of thiophene rings is 1. The maximum absolute atomic E-state index is 4.55. The topological polar surface area (TPSA) is 30.7 Å². The minimum Gasteiger partial charge on any atom is -0.298 e. The van der Waals surface area contributed by atoms with Crippen LogP contribution in [0.2, 0.25) is 0 Å². The third kappa shape index (κ3) is 1.50. The van der Waals surface area contributed by atoms with E-state index in [4.69, 9.17) is 0 Å². The van der Waals surface area contributed by atoms with E-state index in [-0.39, 0.29) is 0 Å². The lowest BCUT2D eigenvalue weighted by molar-refractivity contribution is 1.15. The molecule has 0 atom stereocenters. The Morgan fingerprint density at radius 2 is 1.73 bits per heavy atom. The van der Waals surface area contributed by atoms with E-state index >= 15 is 0 Å². The van der Waals surface area contributed by atoms with Gasteiger partial charge in [-0.2, -0.15) is 0 Å². The molecule has 0 saturated carbocycles. The molecule has 22 heavy (non-hydrogen) atoms. The molecule has 104 valence electrons. The second-order valence-corrected chi connectivity index (χ2v) is 6.24. The van der Waals surface area contributed by atoms with Crippen molar-refractivity contribution >= 4 is 42.7 Å². The van der Waals surface area contributed by atoms with E-state index in [1.807, 2.05) is 12.3 Å². The number of rotatable bonds is 1. The van der Waals surface area contributed by atoms with E-state index in [1.54, 1.807) is 17.7 Å². The van der Waals surface area contributed by atoms with Gasteiger partial charge in [-0.3, -0.25) is 4.57 Å². The fourth-order valence-corrected chi connectivity index (χ4v) is 4.28. The van der Waals surface area contributed by atoms with Gasteiger partial charge in [0.05, 0.1) is 11.7 Å². The Morgan fingerprint density at radius 3 is 2.64 bits per heavy atom. The largest absolute Gasteiger partial charge is 0.298 e. The summed E-state index contributed by atoms with van der Waals surface area (Å²) < 4.78 is 3.55. The van der Waals surface area contributed by atoms with Gasteiger partial charge in [0.2, 0.25) is 0 Å². The molecule has 0 aliphatic carbocycles. The highest BCUT2D eigenvalue weighted by Gasteiger charge is 2.17. The maximum atomic E-state index is 4.55. The first kappa shape index (κ1) is 11.9. The Bertz CT molecular complexity index is 1120. The van der Waals surface area contributed by atoms with Crippen LogP contribution < -0.4 is 0 Å². The number of nitrogens with zero attached hydrogens (tertiary/aromatic N) is 3. The van der Waals surface area contributed by atoms with Crippen molar-refractivity contribution in [1.82, 2.24) is 14.5 Å². The van der Waals surface area contributed by atoms with Crippen LogP contribution in [0.5, 0.6) is 0 Å². The molecule has 0 radical (unpaired) electrons. The minimum absolute atomic E-state index is 1.02. The lowest BCUT2D eigenvalue weighted by Crippen LogP contribution is -1.92. The molecule has 3 aromatic heterocycles. The second-order valence-electron chi connectivity index (χ2n) is 5.21. The predicted molar refractivity (Wildman–Crippen MR) is 91.8 cm³/mol. The molecule has 0 aliphatic rings. The lowest BCUT2D eigenvalue weighted by atomic mass is 10.2. The molecule has 0 N–H and O–H groups in total. The van der Waals surface area contributed by atoms with Gasteiger partial charge in [-0.1, -0.05) is 36.4 Å². The molecular weight excluding hydrogens is 290 g/mol. The second kappa shape index (κ2) is 4.39. The minimum atomic E-state index is 1.02. The van der Waals surface area contributed by atoms with Crippen LogP contribution in [0.15, 0.2) is 67.1 Å². The summed E-state index contributed by atoms with van der Waals surface area (Å²) >= 11 is 1.80. The number of benzene rings is 2. The molecule has 0 saturated heterocycles. The van der Waals surface area contributed by atoms with Gasteiger partial charge in [0.25, 0.3) is 0 Å². The van der Waals surface area contributed by atoms with Crippen molar-refractivity contribution in [3.05, 3.63) is 67.1 Å². The van der Waals surface area contributed by atoms with Gasteiger partial charge in [-0.25, -0.2) is 9.97 Å². The van der Waals surface area contributed by atoms with Crippen LogP contribution in [0.1, 0.15) is 0 Å². The quantitative estimate of drug-likeness (QED) is 0.446. The van der Waals surface area contributed by atoms with Crippen LogP contribution in [-0.2, 0) is 0 Å². The summed E-state index contributed by atoms with van der Waals surface area (Å²) in [5.41, 5.74) is 3.22. The van der Waals surface area contributed by atoms with Crippen molar-refractivity contribution in [2.75, 3.05) is 0 Å². The highest BCUT2D eigenvalue weighted by molar-refractivity contribution is 7.25. The van der Waals surface area contributed by atoms with Gasteiger partial charge in [0.1, 0.15) is 16.7 Å². The van der Waals surface area contributed by atoms with Gasteiger partial charge >= 0.3 is 0 Å². The monoisotopic (exact) mass is 301 g/mol. The SMILES string of the molecule is c1ccc(-n2c3cncnc3c3c4ccccc4sc32)cc1. The van der Waals surface area contributed by atoms with Crippen LogP contribution in [0.25, 0.3) is 37.0 Å². The zero-order chi connectivity index (χ0) is 14.5. The van der Waals surface area contributed by atoms with Gasteiger partial charge < -0.3 is 0 Å². The molecule has 5 aromatic rings. The number of hydrogen-bond acceptors (Lipinski definition) is 3. The first-order valence-electron chi connectivity index (χ1n) is 7.10. The van der Waals surface area contributed by atoms with E-state index in [9.17, 15) is 0 Å². The van der Waals surface area contributed by atoms with Crippen LogP contribution in [0.3, 0.4) is 0 Å². The van der Waals surface area contributed by atoms with E-state index in [1.165, 1.54) is 20.3 Å².